The number of aromatic nitrogens is 1. The highest BCUT2D eigenvalue weighted by atomic mass is 127. The Bertz CT molecular complexity index is 512. The first-order valence-electron chi connectivity index (χ1n) is 4.18. The van der Waals surface area contributed by atoms with Crippen LogP contribution in [0.5, 0.6) is 5.88 Å². The molecule has 0 atom stereocenters. The van der Waals surface area contributed by atoms with Gasteiger partial charge in [0.2, 0.25) is 5.88 Å². The van der Waals surface area contributed by atoms with Crippen molar-refractivity contribution >= 4 is 28.6 Å². The molecule has 0 aliphatic rings. The van der Waals surface area contributed by atoms with E-state index in [2.05, 4.69) is 9.72 Å². The van der Waals surface area contributed by atoms with E-state index >= 15 is 0 Å². The van der Waals surface area contributed by atoms with E-state index in [0.29, 0.717) is 0 Å². The van der Waals surface area contributed by atoms with Gasteiger partial charge in [-0.3, -0.25) is 0 Å². The van der Waals surface area contributed by atoms with Gasteiger partial charge >= 0.3 is 18.5 Å². The van der Waals surface area contributed by atoms with Gasteiger partial charge in [-0.1, -0.05) is 0 Å². The topological polar surface area (TPSA) is 59.4 Å². The maximum Gasteiger partial charge on any atom is 0.574 e. The van der Waals surface area contributed by atoms with E-state index in [-0.39, 0.29) is 6.07 Å². The van der Waals surface area contributed by atoms with Crippen LogP contribution in [-0.4, -0.2) is 22.4 Å². The molecule has 1 heterocycles. The second-order valence-corrected chi connectivity index (χ2v) is 4.05. The normalized spacial score (nSPS) is 12.4. The standard InChI is InChI=1S/C8H2F6INO3/c9-7(10,11)4-2(6(17)18)1-3(16-5(4)15)19-8(12,13)14/h1H,(H,17,18). The number of ether oxygens (including phenoxy) is 1. The Morgan fingerprint density at radius 2 is 1.79 bits per heavy atom. The summed E-state index contributed by atoms with van der Waals surface area (Å²) in [4.78, 5) is 13.6. The van der Waals surface area contributed by atoms with Crippen LogP contribution in [0.25, 0.3) is 0 Å². The van der Waals surface area contributed by atoms with Crippen molar-refractivity contribution in [1.82, 2.24) is 4.98 Å². The Morgan fingerprint density at radius 1 is 1.26 bits per heavy atom. The van der Waals surface area contributed by atoms with Gasteiger partial charge in [0, 0.05) is 6.07 Å². The molecule has 1 N–H and O–H groups in total. The van der Waals surface area contributed by atoms with Crippen LogP contribution in [0, 0.1) is 3.70 Å². The molecule has 0 saturated carbocycles. The predicted molar refractivity (Wildman–Crippen MR) is 55.6 cm³/mol. The molecule has 0 fully saturated rings. The third-order valence-electron chi connectivity index (χ3n) is 1.69. The zero-order chi connectivity index (χ0) is 15.0. The van der Waals surface area contributed by atoms with Crippen LogP contribution in [0.15, 0.2) is 6.07 Å². The number of aromatic carboxylic acids is 1. The Hall–Kier alpha value is -1.27. The number of pyridine rings is 1. The smallest absolute Gasteiger partial charge is 0.478 e. The first-order chi connectivity index (χ1) is 8.42. The van der Waals surface area contributed by atoms with Gasteiger partial charge in [-0.2, -0.15) is 13.2 Å². The van der Waals surface area contributed by atoms with Crippen molar-refractivity contribution < 1.29 is 41.0 Å². The highest BCUT2D eigenvalue weighted by Gasteiger charge is 2.40. The van der Waals surface area contributed by atoms with Crippen LogP contribution in [-0.2, 0) is 6.18 Å². The lowest BCUT2D eigenvalue weighted by Gasteiger charge is -2.14. The van der Waals surface area contributed by atoms with Gasteiger partial charge in [-0.25, -0.2) is 9.78 Å². The van der Waals surface area contributed by atoms with Crippen LogP contribution in [0.3, 0.4) is 0 Å². The van der Waals surface area contributed by atoms with Gasteiger partial charge in [0.25, 0.3) is 0 Å². The summed E-state index contributed by atoms with van der Waals surface area (Å²) in [6.45, 7) is 0. The number of hydrogen-bond donors (Lipinski definition) is 1. The van der Waals surface area contributed by atoms with Crippen molar-refractivity contribution in [2.24, 2.45) is 0 Å². The molecule has 106 valence electrons. The molecule has 0 bridgehead atoms. The number of carboxylic acid groups (broad SMARTS) is 1. The number of nitrogens with zero attached hydrogens (tertiary/aromatic N) is 1. The predicted octanol–water partition coefficient (Wildman–Crippen LogP) is 3.30. The minimum atomic E-state index is -5.19. The minimum absolute atomic E-state index is 0.0702. The maximum absolute atomic E-state index is 12.6. The van der Waals surface area contributed by atoms with Crippen molar-refractivity contribution in [1.29, 1.82) is 0 Å². The van der Waals surface area contributed by atoms with Gasteiger partial charge in [0.1, 0.15) is 9.26 Å². The second kappa shape index (κ2) is 5.02. The third kappa shape index (κ3) is 4.11. The maximum atomic E-state index is 12.6. The van der Waals surface area contributed by atoms with Gasteiger partial charge in [-0.15, -0.1) is 13.2 Å². The highest BCUT2D eigenvalue weighted by Crippen LogP contribution is 2.37. The molecule has 1 aromatic heterocycles. The quantitative estimate of drug-likeness (QED) is 0.470. The van der Waals surface area contributed by atoms with E-state index in [1.165, 1.54) is 0 Å². The van der Waals surface area contributed by atoms with E-state index in [0.717, 1.165) is 22.6 Å². The molecule has 1 rings (SSSR count). The molecule has 0 aromatic carbocycles. The summed E-state index contributed by atoms with van der Waals surface area (Å²) in [5, 5.41) is 8.61. The summed E-state index contributed by atoms with van der Waals surface area (Å²) in [7, 11) is 0. The Morgan fingerprint density at radius 3 is 2.16 bits per heavy atom. The van der Waals surface area contributed by atoms with Crippen LogP contribution in [0.2, 0.25) is 0 Å². The number of rotatable bonds is 2. The van der Waals surface area contributed by atoms with Crippen LogP contribution in [0.1, 0.15) is 15.9 Å². The number of hydrogen-bond acceptors (Lipinski definition) is 3. The SMILES string of the molecule is O=C(O)c1cc(OC(F)(F)F)nc(I)c1C(F)(F)F. The lowest BCUT2D eigenvalue weighted by Crippen LogP contribution is -2.21. The van der Waals surface area contributed by atoms with E-state index < -0.39 is 39.2 Å². The zero-order valence-corrected chi connectivity index (χ0v) is 10.6. The number of alkyl halides is 6. The average Bonchev–Trinajstić information content (AvgIpc) is 2.10. The van der Waals surface area contributed by atoms with Gasteiger partial charge in [0.15, 0.2) is 0 Å². The molecule has 0 aliphatic heterocycles. The lowest BCUT2D eigenvalue weighted by atomic mass is 10.1. The summed E-state index contributed by atoms with van der Waals surface area (Å²) in [6, 6.07) is 0.0702. The summed E-state index contributed by atoms with van der Waals surface area (Å²) >= 11 is 0.980. The molecule has 0 saturated heterocycles. The second-order valence-electron chi connectivity index (χ2n) is 3.02. The Balaban J connectivity index is 3.43. The fourth-order valence-electron chi connectivity index (χ4n) is 1.10. The van der Waals surface area contributed by atoms with Gasteiger partial charge in [-0.05, 0) is 22.6 Å². The number of carbonyl (C=O) groups is 1. The summed E-state index contributed by atoms with van der Waals surface area (Å²) in [5.74, 6) is -3.32. The minimum Gasteiger partial charge on any atom is -0.478 e. The largest absolute Gasteiger partial charge is 0.574 e. The average molecular weight is 401 g/mol. The van der Waals surface area contributed by atoms with Crippen LogP contribution in [0.4, 0.5) is 26.3 Å². The molecule has 1 aromatic rings. The molecule has 19 heavy (non-hydrogen) atoms. The molecule has 0 aliphatic carbocycles. The van der Waals surface area contributed by atoms with Crippen molar-refractivity contribution in [3.8, 4) is 5.88 Å². The van der Waals surface area contributed by atoms with Gasteiger partial charge in [0.05, 0.1) is 5.56 Å². The summed E-state index contributed by atoms with van der Waals surface area (Å²) in [6.07, 6.45) is -10.3. The summed E-state index contributed by atoms with van der Waals surface area (Å²) in [5.41, 5.74) is -3.00. The molecule has 11 heteroatoms. The fourth-order valence-corrected chi connectivity index (χ4v) is 1.93. The first kappa shape index (κ1) is 15.8. The molecule has 0 unspecified atom stereocenters. The molecule has 4 nitrogen and oxygen atoms in total. The zero-order valence-electron chi connectivity index (χ0n) is 8.43. The number of halogens is 7. The molecule has 0 amide bonds. The molecular formula is C8H2F6INO3. The Labute approximate surface area is 114 Å². The van der Waals surface area contributed by atoms with Crippen molar-refractivity contribution in [2.75, 3.05) is 0 Å². The van der Waals surface area contributed by atoms with Crippen LogP contribution >= 0.6 is 22.6 Å². The van der Waals surface area contributed by atoms with Crippen molar-refractivity contribution in [3.05, 3.63) is 20.9 Å². The van der Waals surface area contributed by atoms with Crippen LogP contribution < -0.4 is 4.74 Å². The van der Waals surface area contributed by atoms with Crippen molar-refractivity contribution in [3.63, 3.8) is 0 Å². The monoisotopic (exact) mass is 401 g/mol. The molecule has 0 spiro atoms. The van der Waals surface area contributed by atoms with E-state index in [9.17, 15) is 31.1 Å². The Kier molecular flexibility index (Phi) is 4.17. The lowest BCUT2D eigenvalue weighted by molar-refractivity contribution is -0.276. The summed E-state index contributed by atoms with van der Waals surface area (Å²) < 4.78 is 75.8. The third-order valence-corrected chi connectivity index (χ3v) is 2.47. The van der Waals surface area contributed by atoms with E-state index in [4.69, 9.17) is 5.11 Å². The number of carboxylic acids is 1. The van der Waals surface area contributed by atoms with Crippen molar-refractivity contribution in [2.45, 2.75) is 12.5 Å². The van der Waals surface area contributed by atoms with E-state index in [1.54, 1.807) is 0 Å². The van der Waals surface area contributed by atoms with E-state index in [1.807, 2.05) is 0 Å². The molecule has 0 radical (unpaired) electrons. The fraction of sp³-hybridized carbons (Fsp3) is 0.250. The first-order valence-corrected chi connectivity index (χ1v) is 5.26. The highest BCUT2D eigenvalue weighted by molar-refractivity contribution is 14.1. The molecular weight excluding hydrogens is 399 g/mol. The van der Waals surface area contributed by atoms with Gasteiger partial charge < -0.3 is 9.84 Å².